The number of rotatable bonds is 0. The predicted octanol–water partition coefficient (Wildman–Crippen LogP) is 3.15. The molecule has 4 atom stereocenters. The molecule has 0 aromatic carbocycles. The van der Waals surface area contributed by atoms with Gasteiger partial charge >= 0.3 is 0 Å². The monoisotopic (exact) mass is 290 g/mol. The first kappa shape index (κ1) is 14.0. The van der Waals surface area contributed by atoms with Crippen LogP contribution in [0.3, 0.4) is 0 Å². The average molecular weight is 290 g/mol. The second kappa shape index (κ2) is 3.80. The molecule has 0 spiro atoms. The van der Waals surface area contributed by atoms with Gasteiger partial charge in [0.15, 0.2) is 5.78 Å². The lowest BCUT2D eigenvalue weighted by Crippen LogP contribution is -2.55. The number of allylic oxidation sites excluding steroid dienone is 1. The molecule has 4 aliphatic rings. The molecule has 4 rings (SSSR count). The minimum absolute atomic E-state index is 0.0446. The third-order valence-corrected chi connectivity index (χ3v) is 7.24. The van der Waals surface area contributed by atoms with E-state index in [0.29, 0.717) is 12.3 Å². The molecule has 1 heterocycles. The van der Waals surface area contributed by atoms with E-state index in [2.05, 4.69) is 13.8 Å². The van der Waals surface area contributed by atoms with Crippen molar-refractivity contribution in [3.63, 3.8) is 0 Å². The molecule has 1 N–H and O–H groups in total. The van der Waals surface area contributed by atoms with Crippen LogP contribution >= 0.6 is 0 Å². The van der Waals surface area contributed by atoms with Gasteiger partial charge in [0.1, 0.15) is 11.2 Å². The van der Waals surface area contributed by atoms with Crippen LogP contribution < -0.4 is 0 Å². The molecule has 0 amide bonds. The Kier molecular flexibility index (Phi) is 2.53. The van der Waals surface area contributed by atoms with Gasteiger partial charge in [-0.05, 0) is 44.1 Å². The zero-order valence-electron chi connectivity index (χ0n) is 13.4. The maximum atomic E-state index is 12.9. The van der Waals surface area contributed by atoms with Crippen LogP contribution in [0.15, 0.2) is 11.6 Å². The summed E-state index contributed by atoms with van der Waals surface area (Å²) in [5.41, 5.74) is -1.20. The van der Waals surface area contributed by atoms with E-state index in [1.165, 1.54) is 6.42 Å². The summed E-state index contributed by atoms with van der Waals surface area (Å²) in [4.78, 5) is 12.9. The summed E-state index contributed by atoms with van der Waals surface area (Å²) in [5, 5.41) is 11.5. The quantitative estimate of drug-likeness (QED) is 0.697. The van der Waals surface area contributed by atoms with Crippen molar-refractivity contribution in [3.05, 3.63) is 11.6 Å². The molecule has 116 valence electrons. The third-order valence-electron chi connectivity index (χ3n) is 7.24. The van der Waals surface area contributed by atoms with Crippen molar-refractivity contribution in [2.24, 2.45) is 11.3 Å². The topological polar surface area (TPSA) is 49.8 Å². The van der Waals surface area contributed by atoms with E-state index in [1.807, 2.05) is 13.0 Å². The first-order valence-electron chi connectivity index (χ1n) is 8.41. The molecule has 2 bridgehead atoms. The van der Waals surface area contributed by atoms with Crippen molar-refractivity contribution < 1.29 is 14.6 Å². The number of epoxide rings is 1. The maximum Gasteiger partial charge on any atom is 0.190 e. The molecular weight excluding hydrogens is 264 g/mol. The van der Waals surface area contributed by atoms with Crippen molar-refractivity contribution in [1.82, 2.24) is 0 Å². The van der Waals surface area contributed by atoms with Gasteiger partial charge in [-0.1, -0.05) is 32.8 Å². The molecule has 0 aromatic rings. The van der Waals surface area contributed by atoms with Crippen LogP contribution in [0.1, 0.15) is 65.7 Å². The van der Waals surface area contributed by atoms with E-state index >= 15 is 0 Å². The molecule has 0 aromatic heterocycles. The van der Waals surface area contributed by atoms with Crippen LogP contribution in [0.5, 0.6) is 0 Å². The fourth-order valence-corrected chi connectivity index (χ4v) is 5.46. The first-order valence-corrected chi connectivity index (χ1v) is 8.41. The van der Waals surface area contributed by atoms with Gasteiger partial charge in [0, 0.05) is 11.8 Å². The Labute approximate surface area is 126 Å². The van der Waals surface area contributed by atoms with Gasteiger partial charge in [-0.2, -0.15) is 0 Å². The molecule has 3 nitrogen and oxygen atoms in total. The molecule has 1 aliphatic heterocycles. The highest BCUT2D eigenvalue weighted by Crippen LogP contribution is 2.69. The number of carbonyl (C=O) groups is 1. The van der Waals surface area contributed by atoms with Gasteiger partial charge in [0.2, 0.25) is 0 Å². The van der Waals surface area contributed by atoms with E-state index in [1.54, 1.807) is 0 Å². The van der Waals surface area contributed by atoms with Gasteiger partial charge in [0.25, 0.3) is 0 Å². The molecule has 0 radical (unpaired) electrons. The molecule has 0 unspecified atom stereocenters. The van der Waals surface area contributed by atoms with Crippen LogP contribution in [-0.2, 0) is 9.53 Å². The maximum absolute atomic E-state index is 12.9. The number of aliphatic hydroxyl groups is 1. The number of ketones is 1. The van der Waals surface area contributed by atoms with E-state index in [4.69, 9.17) is 4.74 Å². The minimum atomic E-state index is -1.27. The molecule has 21 heavy (non-hydrogen) atoms. The molecule has 1 saturated heterocycles. The van der Waals surface area contributed by atoms with Crippen LogP contribution in [-0.4, -0.2) is 27.7 Å². The molecule has 3 fully saturated rings. The van der Waals surface area contributed by atoms with E-state index in [9.17, 15) is 9.90 Å². The van der Waals surface area contributed by atoms with E-state index in [-0.39, 0.29) is 22.4 Å². The van der Waals surface area contributed by atoms with E-state index in [0.717, 1.165) is 37.7 Å². The standard InChI is InChI=1S/C18H26O3/c1-12-6-7-13-10-16-8-4-5-9-17(16,21-16)11-18(20,14(12)19)15(13,2)3/h6,13,20H,4-5,7-11H2,1-3H3/t13-,16-,17+,18+/m0/s1. The highest BCUT2D eigenvalue weighted by molar-refractivity contribution is 6.02. The molecule has 3 aliphatic carbocycles. The number of carbonyl (C=O) groups excluding carboxylic acids is 1. The Morgan fingerprint density at radius 2 is 1.90 bits per heavy atom. The van der Waals surface area contributed by atoms with Gasteiger partial charge in [-0.15, -0.1) is 0 Å². The Balaban J connectivity index is 1.86. The third kappa shape index (κ3) is 1.49. The summed E-state index contributed by atoms with van der Waals surface area (Å²) in [7, 11) is 0. The van der Waals surface area contributed by atoms with Crippen LogP contribution in [0.25, 0.3) is 0 Å². The van der Waals surface area contributed by atoms with Gasteiger partial charge in [-0.3, -0.25) is 4.79 Å². The number of fused-ring (bicyclic) bond motifs is 2. The highest BCUT2D eigenvalue weighted by atomic mass is 16.6. The second-order valence-electron chi connectivity index (χ2n) is 8.41. The lowest BCUT2D eigenvalue weighted by atomic mass is 9.63. The second-order valence-corrected chi connectivity index (χ2v) is 8.41. The van der Waals surface area contributed by atoms with Gasteiger partial charge < -0.3 is 9.84 Å². The van der Waals surface area contributed by atoms with Crippen molar-refractivity contribution in [2.75, 3.05) is 0 Å². The summed E-state index contributed by atoms with van der Waals surface area (Å²) in [6, 6.07) is 0. The van der Waals surface area contributed by atoms with Crippen LogP contribution in [0, 0.1) is 11.3 Å². The first-order chi connectivity index (χ1) is 9.77. The average Bonchev–Trinajstić information content (AvgIpc) is 3.09. The fourth-order valence-electron chi connectivity index (χ4n) is 5.46. The van der Waals surface area contributed by atoms with Crippen molar-refractivity contribution in [3.8, 4) is 0 Å². The normalized spacial score (nSPS) is 51.1. The zero-order chi connectivity index (χ0) is 15.1. The Hall–Kier alpha value is -0.670. The number of ether oxygens (including phenoxy) is 1. The number of hydrogen-bond donors (Lipinski definition) is 1. The SMILES string of the molecule is CC1=CC[C@H]2C[C@@]34CCCC[C@]3(C[C@@](O)(C1=O)C2(C)C)O4. The Morgan fingerprint density at radius 3 is 2.62 bits per heavy atom. The Morgan fingerprint density at radius 1 is 1.24 bits per heavy atom. The minimum Gasteiger partial charge on any atom is -0.381 e. The largest absolute Gasteiger partial charge is 0.381 e. The van der Waals surface area contributed by atoms with Crippen molar-refractivity contribution in [2.45, 2.75) is 82.5 Å². The van der Waals surface area contributed by atoms with Crippen molar-refractivity contribution in [1.29, 1.82) is 0 Å². The molecular formula is C18H26O3. The number of hydrogen-bond acceptors (Lipinski definition) is 3. The highest BCUT2D eigenvalue weighted by Gasteiger charge is 2.77. The van der Waals surface area contributed by atoms with Crippen LogP contribution in [0.2, 0.25) is 0 Å². The summed E-state index contributed by atoms with van der Waals surface area (Å²) in [6.07, 6.45) is 8.91. The lowest BCUT2D eigenvalue weighted by molar-refractivity contribution is -0.157. The predicted molar refractivity (Wildman–Crippen MR) is 79.9 cm³/mol. The Bertz CT molecular complexity index is 549. The summed E-state index contributed by atoms with van der Waals surface area (Å²) in [6.45, 7) is 6.03. The molecule has 2 saturated carbocycles. The molecule has 3 heteroatoms. The zero-order valence-corrected chi connectivity index (χ0v) is 13.4. The van der Waals surface area contributed by atoms with E-state index < -0.39 is 5.60 Å². The summed E-state index contributed by atoms with van der Waals surface area (Å²) in [5.74, 6) is 0.243. The van der Waals surface area contributed by atoms with Crippen molar-refractivity contribution >= 4 is 5.78 Å². The summed E-state index contributed by atoms with van der Waals surface area (Å²) < 4.78 is 6.29. The fraction of sp³-hybridized carbons (Fsp3) is 0.833. The lowest BCUT2D eigenvalue weighted by Gasteiger charge is -2.45. The van der Waals surface area contributed by atoms with Crippen LogP contribution in [0.4, 0.5) is 0 Å². The number of Topliss-reactive ketones (excluding diaryl/α,β-unsaturated/α-hetero) is 1. The van der Waals surface area contributed by atoms with Gasteiger partial charge in [-0.25, -0.2) is 0 Å². The van der Waals surface area contributed by atoms with Gasteiger partial charge in [0.05, 0.1) is 5.60 Å². The summed E-state index contributed by atoms with van der Waals surface area (Å²) >= 11 is 0. The smallest absolute Gasteiger partial charge is 0.190 e.